The maximum atomic E-state index is 13.1. The van der Waals surface area contributed by atoms with Crippen LogP contribution < -0.4 is 14.2 Å². The number of hydrogen-bond donors (Lipinski definition) is 0. The first-order valence-electron chi connectivity index (χ1n) is 15.0. The molecule has 0 bridgehead atoms. The van der Waals surface area contributed by atoms with Gasteiger partial charge in [-0.15, -0.1) is 24.3 Å². The molecule has 0 amide bonds. The SMILES string of the molecule is Cc1n[n-]c(-c2ccccn2)n1.Fc1cc[c-]c(-n2[c-][n+](-c3cccc(F)c3)cc2)c1.Fc1cc[c-]c(-n2[c-][n+](-c3cccc(F)c3)cc2)c1.[Ir]. The fourth-order valence-electron chi connectivity index (χ4n) is 4.49. The third-order valence-electron chi connectivity index (χ3n) is 6.80. The van der Waals surface area contributed by atoms with Gasteiger partial charge in [0.25, 0.3) is 12.7 Å². The number of halogens is 4. The van der Waals surface area contributed by atoms with Gasteiger partial charge in [0.1, 0.15) is 11.6 Å². The summed E-state index contributed by atoms with van der Waals surface area (Å²) in [7, 11) is 0. The zero-order valence-corrected chi connectivity index (χ0v) is 29.0. The monoisotopic (exact) mass is 862 g/mol. The van der Waals surface area contributed by atoms with Gasteiger partial charge in [-0.3, -0.25) is 19.2 Å². The second-order valence-electron chi connectivity index (χ2n) is 10.4. The number of benzene rings is 4. The van der Waals surface area contributed by atoms with Gasteiger partial charge in [-0.1, -0.05) is 18.2 Å². The number of aryl methyl sites for hydroxylation is 1. The number of pyridine rings is 1. The minimum atomic E-state index is -0.340. The van der Waals surface area contributed by atoms with E-state index in [1.165, 1.54) is 60.7 Å². The van der Waals surface area contributed by atoms with Gasteiger partial charge in [-0.05, 0) is 72.7 Å². The number of aromatic nitrogens is 8. The molecule has 1 radical (unpaired) electrons. The molecule has 0 saturated carbocycles. The van der Waals surface area contributed by atoms with Crippen LogP contribution in [0.1, 0.15) is 5.82 Å². The molecule has 4 aromatic carbocycles. The van der Waals surface area contributed by atoms with Crippen LogP contribution in [0.25, 0.3) is 34.3 Å². The van der Waals surface area contributed by atoms with Crippen molar-refractivity contribution in [2.75, 3.05) is 0 Å². The van der Waals surface area contributed by atoms with Crippen LogP contribution in [0.5, 0.6) is 0 Å². The maximum Gasteiger partial charge on any atom is 0.267 e. The van der Waals surface area contributed by atoms with Gasteiger partial charge in [0, 0.05) is 68.5 Å². The van der Waals surface area contributed by atoms with E-state index in [-0.39, 0.29) is 43.4 Å². The van der Waals surface area contributed by atoms with E-state index in [0.717, 1.165) is 5.69 Å². The Morgan fingerprint density at radius 2 is 1.18 bits per heavy atom. The van der Waals surface area contributed by atoms with Crippen molar-refractivity contribution < 1.29 is 46.8 Å². The van der Waals surface area contributed by atoms with E-state index in [1.807, 2.05) is 18.2 Å². The van der Waals surface area contributed by atoms with Crippen LogP contribution in [0.2, 0.25) is 0 Å². The van der Waals surface area contributed by atoms with Crippen LogP contribution in [0.15, 0.2) is 134 Å². The third-order valence-corrected chi connectivity index (χ3v) is 6.80. The van der Waals surface area contributed by atoms with E-state index in [1.54, 1.807) is 80.4 Å². The minimum absolute atomic E-state index is 0. The number of imidazole rings is 2. The molecule has 51 heavy (non-hydrogen) atoms. The summed E-state index contributed by atoms with van der Waals surface area (Å²) in [6, 6.07) is 32.1. The summed E-state index contributed by atoms with van der Waals surface area (Å²) in [5, 5.41) is 7.65. The van der Waals surface area contributed by atoms with Crippen LogP contribution in [-0.2, 0) is 20.1 Å². The fraction of sp³-hybridized carbons (Fsp3) is 0.0263. The number of nitrogens with zero attached hydrogens (tertiary/aromatic N) is 8. The van der Waals surface area contributed by atoms with E-state index >= 15 is 0 Å². The van der Waals surface area contributed by atoms with E-state index in [0.29, 0.717) is 34.4 Å². The van der Waals surface area contributed by atoms with E-state index in [2.05, 4.69) is 45.0 Å². The van der Waals surface area contributed by atoms with E-state index in [9.17, 15) is 17.6 Å². The minimum Gasteiger partial charge on any atom is -0.421 e. The zero-order chi connectivity index (χ0) is 34.9. The Labute approximate surface area is 304 Å². The van der Waals surface area contributed by atoms with Crippen molar-refractivity contribution in [2.45, 2.75) is 6.92 Å². The molecule has 13 heteroatoms. The molecule has 0 spiro atoms. The van der Waals surface area contributed by atoms with Crippen molar-refractivity contribution in [1.29, 1.82) is 0 Å². The topological polar surface area (TPSA) is 70.4 Å². The van der Waals surface area contributed by atoms with Crippen molar-refractivity contribution in [3.05, 3.63) is 188 Å². The molecule has 4 heterocycles. The molecular weight excluding hydrogens is 837 g/mol. The molecule has 0 aliphatic rings. The summed E-state index contributed by atoms with van der Waals surface area (Å²) in [5.74, 6) is -0.0444. The second kappa shape index (κ2) is 17.1. The maximum absolute atomic E-state index is 13.1. The number of hydrogen-bond acceptors (Lipinski definition) is 3. The molecule has 257 valence electrons. The molecule has 0 unspecified atom stereocenters. The Morgan fingerprint density at radius 1 is 0.647 bits per heavy atom. The molecule has 8 nitrogen and oxygen atoms in total. The van der Waals surface area contributed by atoms with Gasteiger partial charge in [0.15, 0.2) is 0 Å². The summed E-state index contributed by atoms with van der Waals surface area (Å²) in [6.07, 6.45) is 14.5. The average molecular weight is 862 g/mol. The molecule has 8 aromatic rings. The summed E-state index contributed by atoms with van der Waals surface area (Å²) >= 11 is 0. The van der Waals surface area contributed by atoms with Gasteiger partial charge in [0.2, 0.25) is 0 Å². The second-order valence-corrected chi connectivity index (χ2v) is 10.4. The smallest absolute Gasteiger partial charge is 0.267 e. The molecule has 4 aromatic heterocycles. The molecule has 0 aliphatic heterocycles. The molecule has 0 fully saturated rings. The predicted molar refractivity (Wildman–Crippen MR) is 173 cm³/mol. The molecule has 0 aliphatic carbocycles. The summed E-state index contributed by atoms with van der Waals surface area (Å²) in [4.78, 5) is 8.19. The molecule has 0 atom stereocenters. The van der Waals surface area contributed by atoms with Crippen molar-refractivity contribution in [1.82, 2.24) is 29.3 Å². The van der Waals surface area contributed by atoms with Gasteiger partial charge in [-0.25, -0.2) is 17.6 Å². The van der Waals surface area contributed by atoms with Crippen LogP contribution in [0, 0.1) is 55.0 Å². The first kappa shape index (κ1) is 36.2. The molecule has 8 rings (SSSR count). The van der Waals surface area contributed by atoms with Crippen molar-refractivity contribution in [3.8, 4) is 34.3 Å². The average Bonchev–Trinajstić information content (AvgIpc) is 3.91. The predicted octanol–water partition coefficient (Wildman–Crippen LogP) is 6.07. The summed E-state index contributed by atoms with van der Waals surface area (Å²) in [5.41, 5.74) is 3.13. The Balaban J connectivity index is 0.000000151. The Hall–Kier alpha value is -6.04. The van der Waals surface area contributed by atoms with Gasteiger partial charge in [0.05, 0.1) is 17.1 Å². The first-order valence-corrected chi connectivity index (χ1v) is 15.0. The Kier molecular flexibility index (Phi) is 12.1. The fourth-order valence-corrected chi connectivity index (χ4v) is 4.49. The van der Waals surface area contributed by atoms with Crippen LogP contribution in [-0.4, -0.2) is 24.2 Å². The standard InChI is InChI=1S/2C15H9F2N2.C8H7N4.Ir/c2*16-12-3-1-5-14(9-12)18-7-8-19(11-18)15-6-2-4-13(17)10-15;1-6-10-8(12-11-6)7-4-2-3-5-9-7;/h2*1-5,7-10H;2-5H,1H3;/q3*-1;. The molecule has 0 N–H and O–H groups in total. The van der Waals surface area contributed by atoms with Gasteiger partial charge in [-0.2, -0.15) is 24.3 Å². The Bertz CT molecular complexity index is 2080. The van der Waals surface area contributed by atoms with Crippen molar-refractivity contribution in [3.63, 3.8) is 0 Å². The van der Waals surface area contributed by atoms with E-state index in [4.69, 9.17) is 0 Å². The largest absolute Gasteiger partial charge is 0.421 e. The summed E-state index contributed by atoms with van der Waals surface area (Å²) in [6.45, 7) is 1.80. The molecule has 0 saturated heterocycles. The van der Waals surface area contributed by atoms with E-state index < -0.39 is 0 Å². The normalized spacial score (nSPS) is 10.3. The zero-order valence-electron chi connectivity index (χ0n) is 26.6. The van der Waals surface area contributed by atoms with Gasteiger partial charge < -0.3 is 19.2 Å². The van der Waals surface area contributed by atoms with Crippen molar-refractivity contribution >= 4 is 0 Å². The summed E-state index contributed by atoms with van der Waals surface area (Å²) < 4.78 is 59.0. The Morgan fingerprint density at radius 3 is 1.61 bits per heavy atom. The van der Waals surface area contributed by atoms with Crippen molar-refractivity contribution in [2.24, 2.45) is 0 Å². The van der Waals surface area contributed by atoms with Crippen LogP contribution in [0.3, 0.4) is 0 Å². The number of rotatable bonds is 5. The molecular formula is C38H25F4IrN8-3. The van der Waals surface area contributed by atoms with Gasteiger partial charge >= 0.3 is 0 Å². The third kappa shape index (κ3) is 9.78. The van der Waals surface area contributed by atoms with Crippen LogP contribution in [0.4, 0.5) is 17.6 Å². The quantitative estimate of drug-likeness (QED) is 0.120. The first-order chi connectivity index (χ1) is 24.3. The van der Waals surface area contributed by atoms with Crippen LogP contribution >= 0.6 is 0 Å².